The summed E-state index contributed by atoms with van der Waals surface area (Å²) in [5.41, 5.74) is 0.684. The molecule has 2 aromatic carbocycles. The molecule has 2 aliphatic rings. The van der Waals surface area contributed by atoms with Crippen LogP contribution < -0.4 is 9.47 Å². The van der Waals surface area contributed by atoms with E-state index in [-0.39, 0.29) is 24.7 Å². The van der Waals surface area contributed by atoms with Crippen LogP contribution in [0.15, 0.2) is 70.9 Å². The molecule has 1 saturated heterocycles. The molecule has 1 amide bonds. The first-order valence-electron chi connectivity index (χ1n) is 9.49. The molecule has 1 fully saturated rings. The predicted molar refractivity (Wildman–Crippen MR) is 106 cm³/mol. The lowest BCUT2D eigenvalue weighted by Gasteiger charge is -2.24. The maximum atomic E-state index is 13.5. The van der Waals surface area contributed by atoms with Gasteiger partial charge in [-0.3, -0.25) is 9.59 Å². The van der Waals surface area contributed by atoms with Crippen molar-refractivity contribution in [1.82, 2.24) is 4.90 Å². The average Bonchev–Trinajstić information content (AvgIpc) is 3.51. The van der Waals surface area contributed by atoms with E-state index in [0.717, 1.165) is 0 Å². The summed E-state index contributed by atoms with van der Waals surface area (Å²) in [7, 11) is 0. The first-order valence-corrected chi connectivity index (χ1v) is 9.49. The highest BCUT2D eigenvalue weighted by molar-refractivity contribution is 6.46. The second-order valence-electron chi connectivity index (χ2n) is 7.13. The van der Waals surface area contributed by atoms with Gasteiger partial charge in [-0.05, 0) is 48.0 Å². The van der Waals surface area contributed by atoms with Crippen LogP contribution in [0.3, 0.4) is 0 Å². The number of nitrogens with zero attached hydrogens (tertiary/aromatic N) is 1. The van der Waals surface area contributed by atoms with Gasteiger partial charge in [-0.2, -0.15) is 0 Å². The Hall–Kier alpha value is -4.07. The van der Waals surface area contributed by atoms with Gasteiger partial charge in [-0.15, -0.1) is 0 Å². The van der Waals surface area contributed by atoms with Crippen molar-refractivity contribution < 1.29 is 33.0 Å². The van der Waals surface area contributed by atoms with Crippen LogP contribution >= 0.6 is 0 Å². The Morgan fingerprint density at radius 2 is 1.84 bits per heavy atom. The van der Waals surface area contributed by atoms with Crippen molar-refractivity contribution >= 4 is 17.4 Å². The first kappa shape index (κ1) is 18.9. The van der Waals surface area contributed by atoms with E-state index in [0.29, 0.717) is 28.4 Å². The molecule has 0 saturated carbocycles. The molecule has 7 nitrogen and oxygen atoms in total. The zero-order valence-electron chi connectivity index (χ0n) is 16.1. The monoisotopic (exact) mass is 421 g/mol. The third-order valence-electron chi connectivity index (χ3n) is 5.28. The van der Waals surface area contributed by atoms with Gasteiger partial charge >= 0.3 is 0 Å². The van der Waals surface area contributed by atoms with Crippen molar-refractivity contribution in [2.45, 2.75) is 12.6 Å². The van der Waals surface area contributed by atoms with Crippen LogP contribution in [-0.2, 0) is 16.1 Å². The van der Waals surface area contributed by atoms with Crippen molar-refractivity contribution in [3.8, 4) is 11.5 Å². The fourth-order valence-electron chi connectivity index (χ4n) is 3.80. The minimum absolute atomic E-state index is 0.0114. The largest absolute Gasteiger partial charge is 0.507 e. The van der Waals surface area contributed by atoms with Crippen LogP contribution in [0.1, 0.15) is 22.9 Å². The highest BCUT2D eigenvalue weighted by Crippen LogP contribution is 2.42. The zero-order valence-corrected chi connectivity index (χ0v) is 16.1. The van der Waals surface area contributed by atoms with Crippen molar-refractivity contribution in [3.63, 3.8) is 0 Å². The van der Waals surface area contributed by atoms with Gasteiger partial charge in [0.05, 0.1) is 24.4 Å². The highest BCUT2D eigenvalue weighted by atomic mass is 19.1. The summed E-state index contributed by atoms with van der Waals surface area (Å²) in [6.07, 6.45) is 1.46. The van der Waals surface area contributed by atoms with Crippen LogP contribution in [0.4, 0.5) is 4.39 Å². The van der Waals surface area contributed by atoms with E-state index in [1.54, 1.807) is 30.3 Å². The second-order valence-corrected chi connectivity index (χ2v) is 7.13. The smallest absolute Gasteiger partial charge is 0.296 e. The predicted octanol–water partition coefficient (Wildman–Crippen LogP) is 3.77. The first-order chi connectivity index (χ1) is 15.0. The molecule has 1 aromatic heterocycles. The molecule has 5 rings (SSSR count). The third kappa shape index (κ3) is 3.22. The molecular weight excluding hydrogens is 405 g/mol. The minimum Gasteiger partial charge on any atom is -0.507 e. The summed E-state index contributed by atoms with van der Waals surface area (Å²) in [4.78, 5) is 27.2. The van der Waals surface area contributed by atoms with Crippen molar-refractivity contribution in [1.29, 1.82) is 0 Å². The number of fused-ring (bicyclic) bond motifs is 1. The summed E-state index contributed by atoms with van der Waals surface area (Å²) in [6, 6.07) is 12.6. The van der Waals surface area contributed by atoms with E-state index >= 15 is 0 Å². The lowest BCUT2D eigenvalue weighted by Crippen LogP contribution is -2.29. The lowest BCUT2D eigenvalue weighted by molar-refractivity contribution is -0.140. The quantitative estimate of drug-likeness (QED) is 0.392. The number of hydrogen-bond donors (Lipinski definition) is 1. The van der Waals surface area contributed by atoms with E-state index in [2.05, 4.69) is 0 Å². The minimum atomic E-state index is -0.920. The molecule has 0 radical (unpaired) electrons. The third-order valence-corrected chi connectivity index (χ3v) is 5.28. The summed E-state index contributed by atoms with van der Waals surface area (Å²) in [6.45, 7) is 0.0696. The van der Waals surface area contributed by atoms with Gasteiger partial charge in [0, 0.05) is 5.56 Å². The topological polar surface area (TPSA) is 89.2 Å². The Balaban J connectivity index is 1.64. The number of ether oxygens (including phenoxy) is 2. The number of hydrogen-bond acceptors (Lipinski definition) is 6. The molecule has 1 atom stereocenters. The van der Waals surface area contributed by atoms with Gasteiger partial charge in [0.15, 0.2) is 11.5 Å². The SMILES string of the molecule is O=C1C(=O)N(Cc2ccco2)C(c2ccc(F)cc2)/C1=C(/O)c1ccc2c(c1)OCO2. The number of likely N-dealkylation sites (tertiary alicyclic amines) is 1. The molecule has 156 valence electrons. The molecule has 0 spiro atoms. The Kier molecular flexibility index (Phi) is 4.47. The molecule has 8 heteroatoms. The maximum absolute atomic E-state index is 13.5. The Morgan fingerprint density at radius 1 is 1.06 bits per heavy atom. The van der Waals surface area contributed by atoms with Crippen molar-refractivity contribution in [2.75, 3.05) is 6.79 Å². The lowest BCUT2D eigenvalue weighted by atomic mass is 9.95. The number of rotatable bonds is 4. The number of carbonyl (C=O) groups excluding carboxylic acids is 2. The number of amides is 1. The van der Waals surface area contributed by atoms with Gasteiger partial charge in [-0.1, -0.05) is 12.1 Å². The summed E-state index contributed by atoms with van der Waals surface area (Å²) >= 11 is 0. The second kappa shape index (κ2) is 7.32. The van der Waals surface area contributed by atoms with Gasteiger partial charge in [0.2, 0.25) is 6.79 Å². The van der Waals surface area contributed by atoms with Crippen LogP contribution in [0.2, 0.25) is 0 Å². The summed E-state index contributed by atoms with van der Waals surface area (Å²) < 4.78 is 29.5. The van der Waals surface area contributed by atoms with Crippen LogP contribution in [0.5, 0.6) is 11.5 Å². The fourth-order valence-corrected chi connectivity index (χ4v) is 3.80. The number of Topliss-reactive ketones (excluding diaryl/α,β-unsaturated/α-hetero) is 1. The number of aliphatic hydroxyl groups excluding tert-OH is 1. The summed E-state index contributed by atoms with van der Waals surface area (Å²) in [5, 5.41) is 11.1. The fraction of sp³-hybridized carbons (Fsp3) is 0.130. The number of aliphatic hydroxyl groups is 1. The normalized spacial score (nSPS) is 19.3. The molecule has 1 unspecified atom stereocenters. The number of ketones is 1. The molecule has 0 bridgehead atoms. The molecule has 0 aliphatic carbocycles. The number of halogens is 1. The Bertz CT molecular complexity index is 1200. The van der Waals surface area contributed by atoms with Gasteiger partial charge in [0.1, 0.15) is 17.3 Å². The maximum Gasteiger partial charge on any atom is 0.296 e. The average molecular weight is 421 g/mol. The highest BCUT2D eigenvalue weighted by Gasteiger charge is 2.46. The van der Waals surface area contributed by atoms with Crippen molar-refractivity contribution in [3.05, 3.63) is 89.1 Å². The van der Waals surface area contributed by atoms with E-state index < -0.39 is 23.5 Å². The van der Waals surface area contributed by atoms with Gasteiger partial charge in [-0.25, -0.2) is 4.39 Å². The number of furan rings is 1. The summed E-state index contributed by atoms with van der Waals surface area (Å²) in [5.74, 6) is -1.02. The van der Waals surface area contributed by atoms with Crippen LogP contribution in [0, 0.1) is 5.82 Å². The van der Waals surface area contributed by atoms with E-state index in [1.807, 2.05) is 0 Å². The molecule has 1 N–H and O–H groups in total. The van der Waals surface area contributed by atoms with Crippen molar-refractivity contribution in [2.24, 2.45) is 0 Å². The molecule has 3 heterocycles. The number of benzene rings is 2. The van der Waals surface area contributed by atoms with E-state index in [9.17, 15) is 19.1 Å². The van der Waals surface area contributed by atoms with Gasteiger partial charge in [0.25, 0.3) is 11.7 Å². The standard InChI is InChI=1S/C23H16FNO6/c24-15-6-3-13(4-7-15)20-19(21(26)14-5-8-17-18(10-14)31-12-30-17)22(27)23(28)25(20)11-16-2-1-9-29-16/h1-10,20,26H,11-12H2/b21-19-. The molecule has 2 aliphatic heterocycles. The molecule has 31 heavy (non-hydrogen) atoms. The Morgan fingerprint density at radius 3 is 2.58 bits per heavy atom. The number of carbonyl (C=O) groups is 2. The van der Waals surface area contributed by atoms with Crippen LogP contribution in [0.25, 0.3) is 5.76 Å². The van der Waals surface area contributed by atoms with Gasteiger partial charge < -0.3 is 23.9 Å². The van der Waals surface area contributed by atoms with E-state index in [4.69, 9.17) is 13.9 Å². The Labute approximate surface area is 175 Å². The van der Waals surface area contributed by atoms with E-state index in [1.165, 1.54) is 35.4 Å². The molecular formula is C23H16FNO6. The van der Waals surface area contributed by atoms with Crippen LogP contribution in [-0.4, -0.2) is 28.5 Å². The molecule has 3 aromatic rings. The zero-order chi connectivity index (χ0) is 21.5.